The Kier molecular flexibility index (Phi) is 9.67. The molecule has 0 unspecified atom stereocenters. The zero-order valence-corrected chi connectivity index (χ0v) is 20.3. The van der Waals surface area contributed by atoms with E-state index in [-0.39, 0.29) is 0 Å². The van der Waals surface area contributed by atoms with E-state index in [0.717, 1.165) is 5.56 Å². The van der Waals surface area contributed by atoms with Crippen LogP contribution in [0.5, 0.6) is 5.75 Å². The Hall–Kier alpha value is -4.56. The Morgan fingerprint density at radius 3 is 1.61 bits per heavy atom. The van der Waals surface area contributed by atoms with Crippen molar-refractivity contribution in [3.05, 3.63) is 112 Å². The second-order valence-electron chi connectivity index (χ2n) is 8.02. The molecule has 0 saturated carbocycles. The van der Waals surface area contributed by atoms with Crippen LogP contribution in [0.1, 0.15) is 42.0 Å². The molecular formula is C30H21F5O3. The van der Waals surface area contributed by atoms with Gasteiger partial charge in [-0.25, -0.2) is 26.7 Å². The van der Waals surface area contributed by atoms with Crippen molar-refractivity contribution in [1.82, 2.24) is 0 Å². The van der Waals surface area contributed by atoms with Gasteiger partial charge in [0.2, 0.25) is 5.82 Å². The monoisotopic (exact) mass is 524 g/mol. The summed E-state index contributed by atoms with van der Waals surface area (Å²) in [7, 11) is 0. The van der Waals surface area contributed by atoms with Crippen LogP contribution >= 0.6 is 0 Å². The molecule has 0 saturated heterocycles. The van der Waals surface area contributed by atoms with E-state index in [4.69, 9.17) is 9.47 Å². The van der Waals surface area contributed by atoms with E-state index in [9.17, 15) is 26.7 Å². The lowest BCUT2D eigenvalue weighted by Crippen LogP contribution is -2.07. The molecule has 0 amide bonds. The second-order valence-corrected chi connectivity index (χ2v) is 8.02. The van der Waals surface area contributed by atoms with Gasteiger partial charge in [0.15, 0.2) is 23.3 Å². The van der Waals surface area contributed by atoms with Crippen LogP contribution in [0.25, 0.3) is 0 Å². The molecule has 3 nitrogen and oxygen atoms in total. The topological polar surface area (TPSA) is 35.5 Å². The van der Waals surface area contributed by atoms with Gasteiger partial charge in [-0.3, -0.25) is 0 Å². The maximum atomic E-state index is 13.7. The van der Waals surface area contributed by atoms with E-state index >= 15 is 0 Å². The quantitative estimate of drug-likeness (QED) is 0.0677. The smallest absolute Gasteiger partial charge is 0.333 e. The number of halogens is 5. The van der Waals surface area contributed by atoms with Gasteiger partial charge in [-0.1, -0.05) is 30.3 Å². The van der Waals surface area contributed by atoms with Gasteiger partial charge in [0.05, 0.1) is 13.2 Å². The van der Waals surface area contributed by atoms with Gasteiger partial charge in [-0.2, -0.15) is 0 Å². The molecule has 0 spiro atoms. The first kappa shape index (κ1) is 28.0. The van der Waals surface area contributed by atoms with Crippen LogP contribution < -0.4 is 4.74 Å². The summed E-state index contributed by atoms with van der Waals surface area (Å²) in [4.78, 5) is 11.3. The third kappa shape index (κ3) is 7.47. The fourth-order valence-electron chi connectivity index (χ4n) is 2.95. The molecule has 3 aromatic carbocycles. The van der Waals surface area contributed by atoms with Crippen molar-refractivity contribution in [2.75, 3.05) is 13.2 Å². The second kappa shape index (κ2) is 13.1. The van der Waals surface area contributed by atoms with Crippen molar-refractivity contribution in [2.45, 2.75) is 19.8 Å². The molecule has 0 N–H and O–H groups in total. The van der Waals surface area contributed by atoms with Crippen LogP contribution in [-0.2, 0) is 9.53 Å². The summed E-state index contributed by atoms with van der Waals surface area (Å²) >= 11 is 0. The van der Waals surface area contributed by atoms with Crippen LogP contribution in [-0.4, -0.2) is 19.2 Å². The minimum Gasteiger partial charge on any atom is -0.494 e. The van der Waals surface area contributed by atoms with Crippen LogP contribution in [0.15, 0.2) is 60.7 Å². The highest BCUT2D eigenvalue weighted by atomic mass is 19.2. The SMILES string of the molecule is C=C(C)C(=O)OCCCCOc1ccc(C#Cc2ccc(C#Cc3c(F)c(F)c(F)c(F)c3F)cc2)cc1. The summed E-state index contributed by atoms with van der Waals surface area (Å²) in [5.41, 5.74) is 0.831. The Morgan fingerprint density at radius 2 is 1.11 bits per heavy atom. The van der Waals surface area contributed by atoms with E-state index in [2.05, 4.69) is 24.3 Å². The van der Waals surface area contributed by atoms with Crippen LogP contribution in [0.2, 0.25) is 0 Å². The summed E-state index contributed by atoms with van der Waals surface area (Å²) in [6.07, 6.45) is 1.39. The van der Waals surface area contributed by atoms with Crippen molar-refractivity contribution < 1.29 is 36.2 Å². The van der Waals surface area contributed by atoms with Crippen LogP contribution in [0, 0.1) is 52.8 Å². The molecule has 0 aromatic heterocycles. The molecule has 0 aliphatic heterocycles. The predicted molar refractivity (Wildman–Crippen MR) is 132 cm³/mol. The standard InChI is InChI=1S/C30H21F5O3/c1-19(2)30(36)38-18-4-3-17-37-23-14-11-22(12-15-23)10-7-20-5-8-21(9-6-20)13-16-24-25(31)27(33)29(35)28(34)26(24)32/h5-6,8-9,11-12,14-15H,1,3-4,17-18H2,2H3. The van der Waals surface area contributed by atoms with E-state index in [1.807, 2.05) is 5.92 Å². The van der Waals surface area contributed by atoms with Crippen molar-refractivity contribution >= 4 is 5.97 Å². The molecule has 0 radical (unpaired) electrons. The van der Waals surface area contributed by atoms with E-state index in [1.54, 1.807) is 43.3 Å². The van der Waals surface area contributed by atoms with Crippen molar-refractivity contribution in [3.8, 4) is 29.4 Å². The number of esters is 1. The number of hydrogen-bond acceptors (Lipinski definition) is 3. The van der Waals surface area contributed by atoms with Gasteiger partial charge in [0.1, 0.15) is 11.3 Å². The van der Waals surface area contributed by atoms with Gasteiger partial charge in [0, 0.05) is 22.3 Å². The highest BCUT2D eigenvalue weighted by Gasteiger charge is 2.24. The van der Waals surface area contributed by atoms with E-state index in [0.29, 0.717) is 48.5 Å². The average molecular weight is 524 g/mol. The fourth-order valence-corrected chi connectivity index (χ4v) is 2.95. The highest BCUT2D eigenvalue weighted by Crippen LogP contribution is 2.22. The number of rotatable bonds is 7. The number of unbranched alkanes of at least 4 members (excludes halogenated alkanes) is 1. The first-order chi connectivity index (χ1) is 18.2. The minimum absolute atomic E-state index is 0.301. The van der Waals surface area contributed by atoms with Gasteiger partial charge in [-0.05, 0) is 68.3 Å². The Bertz CT molecular complexity index is 1430. The van der Waals surface area contributed by atoms with Crippen LogP contribution in [0.3, 0.4) is 0 Å². The maximum absolute atomic E-state index is 13.7. The van der Waals surface area contributed by atoms with E-state index in [1.165, 1.54) is 12.1 Å². The van der Waals surface area contributed by atoms with Gasteiger partial charge in [-0.15, -0.1) is 0 Å². The zero-order valence-electron chi connectivity index (χ0n) is 20.3. The van der Waals surface area contributed by atoms with E-state index < -0.39 is 40.6 Å². The molecule has 38 heavy (non-hydrogen) atoms. The number of carbonyl (C=O) groups excluding carboxylic acids is 1. The lowest BCUT2D eigenvalue weighted by Gasteiger charge is -2.07. The average Bonchev–Trinajstić information content (AvgIpc) is 2.92. The van der Waals surface area contributed by atoms with Gasteiger partial charge < -0.3 is 9.47 Å². The first-order valence-corrected chi connectivity index (χ1v) is 11.4. The third-order valence-corrected chi connectivity index (χ3v) is 5.02. The molecular weight excluding hydrogens is 503 g/mol. The minimum atomic E-state index is -2.23. The molecule has 3 aromatic rings. The summed E-state index contributed by atoms with van der Waals surface area (Å²) in [5.74, 6) is 0.330. The number of ether oxygens (including phenoxy) is 2. The van der Waals surface area contributed by atoms with Crippen molar-refractivity contribution in [3.63, 3.8) is 0 Å². The Balaban J connectivity index is 1.54. The van der Waals surface area contributed by atoms with Gasteiger partial charge in [0.25, 0.3) is 0 Å². The summed E-state index contributed by atoms with van der Waals surface area (Å²) < 4.78 is 77.9. The Morgan fingerprint density at radius 1 is 0.684 bits per heavy atom. The number of hydrogen-bond donors (Lipinski definition) is 0. The fraction of sp³-hybridized carbons (Fsp3) is 0.167. The third-order valence-electron chi connectivity index (χ3n) is 5.02. The molecule has 0 fully saturated rings. The number of benzene rings is 3. The normalized spacial score (nSPS) is 10.1. The van der Waals surface area contributed by atoms with Crippen molar-refractivity contribution in [2.24, 2.45) is 0 Å². The summed E-state index contributed by atoms with van der Waals surface area (Å²) in [6.45, 7) is 5.88. The molecule has 0 aliphatic carbocycles. The summed E-state index contributed by atoms with van der Waals surface area (Å²) in [5, 5.41) is 0. The van der Waals surface area contributed by atoms with Gasteiger partial charge >= 0.3 is 5.97 Å². The van der Waals surface area contributed by atoms with Crippen molar-refractivity contribution in [1.29, 1.82) is 0 Å². The maximum Gasteiger partial charge on any atom is 0.333 e. The molecule has 0 aliphatic rings. The lowest BCUT2D eigenvalue weighted by atomic mass is 10.1. The molecule has 0 heterocycles. The lowest BCUT2D eigenvalue weighted by molar-refractivity contribution is -0.139. The number of carbonyl (C=O) groups is 1. The van der Waals surface area contributed by atoms with Crippen LogP contribution in [0.4, 0.5) is 22.0 Å². The molecule has 0 bridgehead atoms. The molecule has 8 heteroatoms. The largest absolute Gasteiger partial charge is 0.494 e. The summed E-state index contributed by atoms with van der Waals surface area (Å²) in [6, 6.07) is 13.4. The Labute approximate surface area is 216 Å². The molecule has 0 atom stereocenters. The first-order valence-electron chi connectivity index (χ1n) is 11.4. The zero-order chi connectivity index (χ0) is 27.7. The highest BCUT2D eigenvalue weighted by molar-refractivity contribution is 5.86. The molecule has 3 rings (SSSR count). The predicted octanol–water partition coefficient (Wildman–Crippen LogP) is 6.46. The molecule has 194 valence electrons.